The Bertz CT molecular complexity index is 1050. The Balaban J connectivity index is 1.51. The van der Waals surface area contributed by atoms with Gasteiger partial charge in [0.15, 0.2) is 0 Å². The van der Waals surface area contributed by atoms with Crippen LogP contribution in [0, 0.1) is 18.3 Å². The van der Waals surface area contributed by atoms with Crippen LogP contribution >= 0.6 is 0 Å². The second-order valence-electron chi connectivity index (χ2n) is 6.56. The van der Waals surface area contributed by atoms with Crippen LogP contribution in [0.15, 0.2) is 72.8 Å². The first-order valence-electron chi connectivity index (χ1n) is 9.16. The third-order valence-corrected chi connectivity index (χ3v) is 4.42. The number of benzene rings is 3. The lowest BCUT2D eigenvalue weighted by atomic mass is 9.99. The van der Waals surface area contributed by atoms with Gasteiger partial charge in [0.2, 0.25) is 0 Å². The van der Waals surface area contributed by atoms with Crippen molar-refractivity contribution in [3.63, 3.8) is 0 Å². The first-order chi connectivity index (χ1) is 14.1. The van der Waals surface area contributed by atoms with Gasteiger partial charge in [0.25, 0.3) is 5.91 Å². The van der Waals surface area contributed by atoms with E-state index in [1.54, 1.807) is 18.2 Å². The van der Waals surface area contributed by atoms with Gasteiger partial charge in [-0.05, 0) is 41.8 Å². The van der Waals surface area contributed by atoms with Gasteiger partial charge in [-0.25, -0.2) is 0 Å². The predicted molar refractivity (Wildman–Crippen MR) is 110 cm³/mol. The van der Waals surface area contributed by atoms with E-state index in [2.05, 4.69) is 11.4 Å². The van der Waals surface area contributed by atoms with Crippen LogP contribution < -0.4 is 5.32 Å². The molecule has 1 amide bonds. The summed E-state index contributed by atoms with van der Waals surface area (Å²) < 4.78 is 5.22. The fourth-order valence-corrected chi connectivity index (χ4v) is 2.79. The first-order valence-corrected chi connectivity index (χ1v) is 9.16. The summed E-state index contributed by atoms with van der Waals surface area (Å²) in [6.45, 7) is 1.85. The zero-order chi connectivity index (χ0) is 20.6. The van der Waals surface area contributed by atoms with Gasteiger partial charge in [0.1, 0.15) is 13.2 Å². The third-order valence-electron chi connectivity index (χ3n) is 4.42. The van der Waals surface area contributed by atoms with Crippen molar-refractivity contribution in [2.45, 2.75) is 13.5 Å². The highest BCUT2D eigenvalue weighted by Crippen LogP contribution is 2.23. The summed E-state index contributed by atoms with van der Waals surface area (Å²) in [6.07, 6.45) is 0. The maximum Gasteiger partial charge on any atom is 0.325 e. The smallest absolute Gasteiger partial charge is 0.325 e. The van der Waals surface area contributed by atoms with E-state index >= 15 is 0 Å². The molecule has 5 nitrogen and oxygen atoms in total. The van der Waals surface area contributed by atoms with Crippen molar-refractivity contribution in [1.82, 2.24) is 5.32 Å². The van der Waals surface area contributed by atoms with Gasteiger partial charge in [0.05, 0.1) is 11.6 Å². The van der Waals surface area contributed by atoms with E-state index in [4.69, 9.17) is 4.74 Å². The maximum atomic E-state index is 12.0. The standard InChI is InChI=1S/C24H20N2O3/c1-17-6-10-20(11-7-17)24(28)26-15-23(27)29-16-18-8-12-19(13-9-18)22-5-3-2-4-21(22)14-25/h2-13H,15-16H2,1H3,(H,26,28). The lowest BCUT2D eigenvalue weighted by Crippen LogP contribution is -2.30. The highest BCUT2D eigenvalue weighted by Gasteiger charge is 2.09. The number of nitriles is 1. The summed E-state index contributed by atoms with van der Waals surface area (Å²) in [6, 6.07) is 24.1. The van der Waals surface area contributed by atoms with Crippen LogP contribution in [0.3, 0.4) is 0 Å². The van der Waals surface area contributed by atoms with Crippen LogP contribution in [0.25, 0.3) is 11.1 Å². The van der Waals surface area contributed by atoms with E-state index in [9.17, 15) is 14.9 Å². The number of nitrogens with zero attached hydrogens (tertiary/aromatic N) is 1. The van der Waals surface area contributed by atoms with Gasteiger partial charge in [-0.2, -0.15) is 5.26 Å². The van der Waals surface area contributed by atoms with E-state index < -0.39 is 5.97 Å². The van der Waals surface area contributed by atoms with Crippen molar-refractivity contribution < 1.29 is 14.3 Å². The molecule has 0 aliphatic carbocycles. The number of aryl methyl sites for hydroxylation is 1. The van der Waals surface area contributed by atoms with Crippen molar-refractivity contribution in [2.75, 3.05) is 6.54 Å². The van der Waals surface area contributed by atoms with Crippen molar-refractivity contribution in [3.05, 3.63) is 95.1 Å². The normalized spacial score (nSPS) is 10.1. The molecule has 0 aliphatic rings. The van der Waals surface area contributed by atoms with E-state index in [1.165, 1.54) is 0 Å². The minimum absolute atomic E-state index is 0.111. The van der Waals surface area contributed by atoms with Crippen LogP contribution in [0.4, 0.5) is 0 Å². The Morgan fingerprint density at radius 2 is 1.66 bits per heavy atom. The highest BCUT2D eigenvalue weighted by atomic mass is 16.5. The molecule has 0 radical (unpaired) electrons. The molecule has 3 aromatic rings. The number of rotatable bonds is 6. The minimum Gasteiger partial charge on any atom is -0.460 e. The van der Waals surface area contributed by atoms with Crippen LogP contribution in [0.5, 0.6) is 0 Å². The lowest BCUT2D eigenvalue weighted by molar-refractivity contribution is -0.143. The Morgan fingerprint density at radius 1 is 0.966 bits per heavy atom. The molecule has 5 heteroatoms. The Labute approximate surface area is 169 Å². The molecule has 144 valence electrons. The van der Waals surface area contributed by atoms with Gasteiger partial charge in [-0.15, -0.1) is 0 Å². The average molecular weight is 384 g/mol. The predicted octanol–water partition coefficient (Wildman–Crippen LogP) is 4.01. The molecule has 0 unspecified atom stereocenters. The minimum atomic E-state index is -0.510. The van der Waals surface area contributed by atoms with Crippen LogP contribution in [-0.4, -0.2) is 18.4 Å². The number of hydrogen-bond acceptors (Lipinski definition) is 4. The van der Waals surface area contributed by atoms with Crippen LogP contribution in [0.1, 0.15) is 27.0 Å². The summed E-state index contributed by atoms with van der Waals surface area (Å²) in [7, 11) is 0. The van der Waals surface area contributed by atoms with Crippen LogP contribution in [0.2, 0.25) is 0 Å². The van der Waals surface area contributed by atoms with Gasteiger partial charge >= 0.3 is 5.97 Å². The second-order valence-corrected chi connectivity index (χ2v) is 6.56. The van der Waals surface area contributed by atoms with Gasteiger partial charge in [-0.3, -0.25) is 9.59 Å². The second kappa shape index (κ2) is 9.34. The summed E-state index contributed by atoms with van der Waals surface area (Å²) in [5.74, 6) is -0.827. The number of nitrogens with one attached hydrogen (secondary N) is 1. The lowest BCUT2D eigenvalue weighted by Gasteiger charge is -2.08. The molecule has 3 rings (SSSR count). The quantitative estimate of drug-likeness (QED) is 0.652. The first kappa shape index (κ1) is 19.8. The SMILES string of the molecule is Cc1ccc(C(=O)NCC(=O)OCc2ccc(-c3ccccc3C#N)cc2)cc1. The fourth-order valence-electron chi connectivity index (χ4n) is 2.79. The Kier molecular flexibility index (Phi) is 6.39. The number of amides is 1. The van der Waals surface area contributed by atoms with E-state index in [1.807, 2.05) is 61.5 Å². The molecule has 0 saturated heterocycles. The molecule has 0 fully saturated rings. The molecule has 0 heterocycles. The topological polar surface area (TPSA) is 79.2 Å². The number of carbonyl (C=O) groups excluding carboxylic acids is 2. The highest BCUT2D eigenvalue weighted by molar-refractivity contribution is 5.95. The van der Waals surface area contributed by atoms with Crippen LogP contribution in [-0.2, 0) is 16.1 Å². The monoisotopic (exact) mass is 384 g/mol. The number of carbonyl (C=O) groups is 2. The molecule has 0 bridgehead atoms. The molecular weight excluding hydrogens is 364 g/mol. The molecule has 0 aromatic heterocycles. The Morgan fingerprint density at radius 3 is 2.34 bits per heavy atom. The summed E-state index contributed by atoms with van der Waals surface area (Å²) in [5, 5.41) is 11.8. The molecule has 29 heavy (non-hydrogen) atoms. The van der Waals surface area contributed by atoms with E-state index in [-0.39, 0.29) is 19.1 Å². The average Bonchev–Trinajstić information content (AvgIpc) is 2.77. The zero-order valence-electron chi connectivity index (χ0n) is 16.0. The molecule has 1 N–H and O–H groups in total. The summed E-state index contributed by atoms with van der Waals surface area (Å²) in [4.78, 5) is 23.9. The van der Waals surface area contributed by atoms with Crippen molar-refractivity contribution in [1.29, 1.82) is 5.26 Å². The zero-order valence-corrected chi connectivity index (χ0v) is 16.0. The van der Waals surface area contributed by atoms with Crippen molar-refractivity contribution in [2.24, 2.45) is 0 Å². The van der Waals surface area contributed by atoms with Crippen molar-refractivity contribution >= 4 is 11.9 Å². The summed E-state index contributed by atoms with van der Waals surface area (Å²) in [5.41, 5.74) is 4.76. The molecule has 0 saturated carbocycles. The van der Waals surface area contributed by atoms with Crippen molar-refractivity contribution in [3.8, 4) is 17.2 Å². The molecule has 0 spiro atoms. The van der Waals surface area contributed by atoms with E-state index in [0.29, 0.717) is 11.1 Å². The van der Waals surface area contributed by atoms with Gasteiger partial charge in [0, 0.05) is 5.56 Å². The molecular formula is C24H20N2O3. The molecule has 0 aliphatic heterocycles. The number of esters is 1. The number of hydrogen-bond donors (Lipinski definition) is 1. The Hall–Kier alpha value is -3.91. The number of ether oxygens (including phenoxy) is 1. The van der Waals surface area contributed by atoms with Gasteiger partial charge < -0.3 is 10.1 Å². The maximum absolute atomic E-state index is 12.0. The van der Waals surface area contributed by atoms with Gasteiger partial charge in [-0.1, -0.05) is 60.2 Å². The summed E-state index contributed by atoms with van der Waals surface area (Å²) >= 11 is 0. The third kappa shape index (κ3) is 5.30. The van der Waals surface area contributed by atoms with E-state index in [0.717, 1.165) is 22.3 Å². The molecule has 0 atom stereocenters. The fraction of sp³-hybridized carbons (Fsp3) is 0.125. The largest absolute Gasteiger partial charge is 0.460 e. The molecule has 3 aromatic carbocycles.